The third-order valence-corrected chi connectivity index (χ3v) is 3.86. The highest BCUT2D eigenvalue weighted by molar-refractivity contribution is 5.61. The molecule has 0 N–H and O–H groups in total. The predicted octanol–water partition coefficient (Wildman–Crippen LogP) is 7.73. The smallest absolute Gasteiger partial charge is 0.209 e. The molecule has 2 aromatic rings. The molecule has 150 valence electrons. The van der Waals surface area contributed by atoms with Crippen molar-refractivity contribution in [2.45, 2.75) is 18.8 Å². The van der Waals surface area contributed by atoms with Crippen LogP contribution in [0.15, 0.2) is 60.4 Å². The zero-order valence-corrected chi connectivity index (χ0v) is 14.0. The number of benzene rings is 2. The standard InChI is InChI=1S/C19H11F9/c1-10(20)15(21)11-2-6-13(7-3-11)18(25,26)19(27,28)14-8-4-12(5-9-14)16(22)17(23)24/h2-9H,1H3/b15-10+. The lowest BCUT2D eigenvalue weighted by Crippen LogP contribution is -2.35. The van der Waals surface area contributed by atoms with Crippen LogP contribution < -0.4 is 0 Å². The van der Waals surface area contributed by atoms with Crippen LogP contribution in [0, 0.1) is 0 Å². The van der Waals surface area contributed by atoms with Gasteiger partial charge in [0, 0.05) is 22.3 Å². The summed E-state index contributed by atoms with van der Waals surface area (Å²) >= 11 is 0. The molecule has 0 amide bonds. The van der Waals surface area contributed by atoms with Gasteiger partial charge in [-0.15, -0.1) is 0 Å². The molecule has 2 aromatic carbocycles. The van der Waals surface area contributed by atoms with Crippen LogP contribution in [-0.4, -0.2) is 0 Å². The largest absolute Gasteiger partial charge is 0.339 e. The Morgan fingerprint density at radius 3 is 1.18 bits per heavy atom. The number of hydrogen-bond acceptors (Lipinski definition) is 0. The van der Waals surface area contributed by atoms with Crippen molar-refractivity contribution in [1.29, 1.82) is 0 Å². The minimum absolute atomic E-state index is 0.398. The molecule has 0 aliphatic heterocycles. The third-order valence-electron chi connectivity index (χ3n) is 3.86. The molecule has 2 rings (SSSR count). The number of hydrogen-bond donors (Lipinski definition) is 0. The summed E-state index contributed by atoms with van der Waals surface area (Å²) in [6, 6.07) is 4.28. The Balaban J connectivity index is 2.40. The van der Waals surface area contributed by atoms with E-state index < -0.39 is 57.7 Å². The quantitative estimate of drug-likeness (QED) is 0.443. The van der Waals surface area contributed by atoms with Crippen LogP contribution in [0.1, 0.15) is 29.2 Å². The molecule has 0 atom stereocenters. The van der Waals surface area contributed by atoms with Crippen LogP contribution in [-0.2, 0) is 11.8 Å². The van der Waals surface area contributed by atoms with Crippen LogP contribution in [0.3, 0.4) is 0 Å². The molecule has 0 aromatic heterocycles. The lowest BCUT2D eigenvalue weighted by Gasteiger charge is -2.27. The van der Waals surface area contributed by atoms with Crippen molar-refractivity contribution in [3.63, 3.8) is 0 Å². The van der Waals surface area contributed by atoms with Crippen molar-refractivity contribution in [2.24, 2.45) is 0 Å². The first-order valence-electron chi connectivity index (χ1n) is 7.59. The molecule has 0 nitrogen and oxygen atoms in total. The molecular formula is C19H11F9. The minimum atomic E-state index is -4.80. The van der Waals surface area contributed by atoms with E-state index >= 15 is 0 Å². The van der Waals surface area contributed by atoms with E-state index in [1.54, 1.807) is 0 Å². The monoisotopic (exact) mass is 410 g/mol. The normalized spacial score (nSPS) is 13.2. The Morgan fingerprint density at radius 2 is 0.893 bits per heavy atom. The van der Waals surface area contributed by atoms with E-state index in [4.69, 9.17) is 0 Å². The summed E-state index contributed by atoms with van der Waals surface area (Å²) in [6.07, 6.45) is -2.69. The summed E-state index contributed by atoms with van der Waals surface area (Å²) in [5.74, 6) is -14.1. The van der Waals surface area contributed by atoms with Gasteiger partial charge in [0.25, 0.3) is 0 Å². The lowest BCUT2D eigenvalue weighted by molar-refractivity contribution is -0.223. The molecule has 0 saturated heterocycles. The SMILES string of the molecule is C/C(F)=C(\F)c1ccc(C(F)(F)C(F)(F)c2ccc(C(F)=C(F)F)cc2)cc1. The maximum atomic E-state index is 14.4. The lowest BCUT2D eigenvalue weighted by atomic mass is 9.94. The van der Waals surface area contributed by atoms with E-state index in [-0.39, 0.29) is 0 Å². The zero-order chi connectivity index (χ0) is 21.3. The van der Waals surface area contributed by atoms with Gasteiger partial charge in [0.15, 0.2) is 11.7 Å². The van der Waals surface area contributed by atoms with Gasteiger partial charge in [-0.2, -0.15) is 26.3 Å². The summed E-state index contributed by atoms with van der Waals surface area (Å²) < 4.78 is 121. The molecular weight excluding hydrogens is 399 g/mol. The number of alkyl halides is 4. The third kappa shape index (κ3) is 3.93. The summed E-state index contributed by atoms with van der Waals surface area (Å²) in [6.45, 7) is 0.794. The molecule has 0 radical (unpaired) electrons. The van der Waals surface area contributed by atoms with E-state index in [1.807, 2.05) is 0 Å². The van der Waals surface area contributed by atoms with Gasteiger partial charge in [0.1, 0.15) is 5.83 Å². The van der Waals surface area contributed by atoms with E-state index in [1.165, 1.54) is 0 Å². The highest BCUT2D eigenvalue weighted by Gasteiger charge is 2.58. The van der Waals surface area contributed by atoms with Crippen molar-refractivity contribution < 1.29 is 39.5 Å². The first kappa shape index (κ1) is 21.6. The van der Waals surface area contributed by atoms with Gasteiger partial charge in [-0.25, -0.2) is 13.2 Å². The Morgan fingerprint density at radius 1 is 0.571 bits per heavy atom. The fourth-order valence-corrected chi connectivity index (χ4v) is 2.32. The highest BCUT2D eigenvalue weighted by atomic mass is 19.3. The molecule has 0 aliphatic rings. The fraction of sp³-hybridized carbons (Fsp3) is 0.158. The van der Waals surface area contributed by atoms with Crippen molar-refractivity contribution >= 4 is 11.7 Å². The van der Waals surface area contributed by atoms with E-state index in [2.05, 4.69) is 0 Å². The summed E-state index contributed by atoms with van der Waals surface area (Å²) in [5.41, 5.74) is -3.60. The summed E-state index contributed by atoms with van der Waals surface area (Å²) in [4.78, 5) is 0. The van der Waals surface area contributed by atoms with Gasteiger partial charge >= 0.3 is 17.9 Å². The van der Waals surface area contributed by atoms with Crippen LogP contribution in [0.25, 0.3) is 11.7 Å². The Hall–Kier alpha value is -2.71. The van der Waals surface area contributed by atoms with Crippen LogP contribution in [0.5, 0.6) is 0 Å². The second kappa shape index (κ2) is 7.73. The Labute approximate surface area is 153 Å². The van der Waals surface area contributed by atoms with Gasteiger partial charge in [-0.3, -0.25) is 0 Å². The van der Waals surface area contributed by atoms with E-state index in [9.17, 15) is 39.5 Å². The summed E-state index contributed by atoms with van der Waals surface area (Å²) in [5, 5.41) is 0. The maximum absolute atomic E-state index is 14.4. The number of rotatable bonds is 5. The topological polar surface area (TPSA) is 0 Å². The van der Waals surface area contributed by atoms with Gasteiger partial charge in [0.2, 0.25) is 0 Å². The van der Waals surface area contributed by atoms with Gasteiger partial charge in [0.05, 0.1) is 0 Å². The molecule has 28 heavy (non-hydrogen) atoms. The predicted molar refractivity (Wildman–Crippen MR) is 85.7 cm³/mol. The molecule has 0 saturated carbocycles. The molecule has 0 fully saturated rings. The average Bonchev–Trinajstić information content (AvgIpc) is 2.66. The van der Waals surface area contributed by atoms with Crippen molar-refractivity contribution in [3.05, 3.63) is 82.7 Å². The number of allylic oxidation sites excluding steroid dienone is 1. The minimum Gasteiger partial charge on any atom is -0.209 e. The average molecular weight is 410 g/mol. The molecule has 0 aliphatic carbocycles. The van der Waals surface area contributed by atoms with Crippen LogP contribution in [0.2, 0.25) is 0 Å². The first-order chi connectivity index (χ1) is 12.9. The second-order valence-electron chi connectivity index (χ2n) is 5.73. The zero-order valence-electron chi connectivity index (χ0n) is 14.0. The highest BCUT2D eigenvalue weighted by Crippen LogP contribution is 2.49. The van der Waals surface area contributed by atoms with Crippen molar-refractivity contribution in [1.82, 2.24) is 0 Å². The summed E-state index contributed by atoms with van der Waals surface area (Å²) in [7, 11) is 0. The van der Waals surface area contributed by atoms with Gasteiger partial charge < -0.3 is 0 Å². The second-order valence-corrected chi connectivity index (χ2v) is 5.73. The van der Waals surface area contributed by atoms with E-state index in [0.29, 0.717) is 48.5 Å². The van der Waals surface area contributed by atoms with Crippen LogP contribution in [0.4, 0.5) is 39.5 Å². The van der Waals surface area contributed by atoms with Crippen molar-refractivity contribution in [3.8, 4) is 0 Å². The van der Waals surface area contributed by atoms with Crippen molar-refractivity contribution in [2.75, 3.05) is 0 Å². The maximum Gasteiger partial charge on any atom is 0.339 e. The fourth-order valence-electron chi connectivity index (χ4n) is 2.32. The first-order valence-corrected chi connectivity index (χ1v) is 7.59. The number of halogens is 9. The molecule has 0 unspecified atom stereocenters. The Bertz CT molecular complexity index is 822. The van der Waals surface area contributed by atoms with E-state index in [0.717, 1.165) is 6.92 Å². The Kier molecular flexibility index (Phi) is 5.96. The molecule has 0 heterocycles. The molecule has 9 heteroatoms. The van der Waals surface area contributed by atoms with Gasteiger partial charge in [-0.05, 0) is 6.92 Å². The van der Waals surface area contributed by atoms with Crippen LogP contribution >= 0.6 is 0 Å². The van der Waals surface area contributed by atoms with Gasteiger partial charge in [-0.1, -0.05) is 48.5 Å². The molecule has 0 spiro atoms. The molecule has 0 bridgehead atoms.